The molecule has 0 aliphatic heterocycles. The van der Waals surface area contributed by atoms with E-state index in [1.165, 1.54) is 23.1 Å². The lowest BCUT2D eigenvalue weighted by atomic mass is 9.32. The van der Waals surface area contributed by atoms with Crippen LogP contribution in [-0.4, -0.2) is 31.9 Å². The minimum Gasteiger partial charge on any atom is -0.462 e. The fraction of sp³-hybridized carbons (Fsp3) is 0.400. The standard InChI is InChI=1S/C20H20N4O2/c1-3-26-17(25)14-5-4-13(2)15(6-14)19-8-20(9-19,10-19)16-7-22-18-23-11-21-12-24(16)18/h4-7,11-12H,3,8-10H2,1-2H3. The maximum Gasteiger partial charge on any atom is 0.338 e. The predicted molar refractivity (Wildman–Crippen MR) is 95.1 cm³/mol. The summed E-state index contributed by atoms with van der Waals surface area (Å²) in [7, 11) is 0. The van der Waals surface area contributed by atoms with Gasteiger partial charge < -0.3 is 4.74 Å². The van der Waals surface area contributed by atoms with E-state index in [1.54, 1.807) is 6.33 Å². The van der Waals surface area contributed by atoms with Gasteiger partial charge in [0, 0.05) is 5.41 Å². The van der Waals surface area contributed by atoms with Gasteiger partial charge in [-0.05, 0) is 61.8 Å². The molecule has 0 atom stereocenters. The van der Waals surface area contributed by atoms with Crippen LogP contribution in [0.4, 0.5) is 0 Å². The number of nitrogens with zero attached hydrogens (tertiary/aromatic N) is 4. The quantitative estimate of drug-likeness (QED) is 0.678. The number of imidazole rings is 1. The lowest BCUT2D eigenvalue weighted by Crippen LogP contribution is -2.67. The van der Waals surface area contributed by atoms with Crippen molar-refractivity contribution in [2.45, 2.75) is 43.9 Å². The highest BCUT2D eigenvalue weighted by atomic mass is 16.5. The smallest absolute Gasteiger partial charge is 0.338 e. The Bertz CT molecular complexity index is 1020. The van der Waals surface area contributed by atoms with Crippen LogP contribution in [0.15, 0.2) is 37.1 Å². The van der Waals surface area contributed by atoms with Crippen LogP contribution in [0.2, 0.25) is 0 Å². The number of carbonyl (C=O) groups excluding carboxylic acids is 1. The maximum atomic E-state index is 12.1. The predicted octanol–water partition coefficient (Wildman–Crippen LogP) is 2.98. The molecule has 3 aliphatic rings. The summed E-state index contributed by atoms with van der Waals surface area (Å²) in [6.45, 7) is 4.35. The normalized spacial score (nSPS) is 26.2. The van der Waals surface area contributed by atoms with E-state index in [2.05, 4.69) is 21.9 Å². The van der Waals surface area contributed by atoms with Gasteiger partial charge in [0.1, 0.15) is 12.7 Å². The minimum atomic E-state index is -0.242. The number of esters is 1. The van der Waals surface area contributed by atoms with Gasteiger partial charge in [-0.1, -0.05) is 6.07 Å². The molecule has 0 unspecified atom stereocenters. The summed E-state index contributed by atoms with van der Waals surface area (Å²) in [5.74, 6) is 0.461. The van der Waals surface area contributed by atoms with Gasteiger partial charge in [0.25, 0.3) is 0 Å². The molecule has 0 radical (unpaired) electrons. The second kappa shape index (κ2) is 5.13. The first kappa shape index (κ1) is 15.5. The average molecular weight is 348 g/mol. The number of hydrogen-bond donors (Lipinski definition) is 0. The zero-order valence-corrected chi connectivity index (χ0v) is 14.9. The van der Waals surface area contributed by atoms with Crippen LogP contribution in [0.3, 0.4) is 0 Å². The van der Waals surface area contributed by atoms with Gasteiger partial charge in [-0.25, -0.2) is 19.7 Å². The molecule has 0 spiro atoms. The Morgan fingerprint density at radius 3 is 2.81 bits per heavy atom. The Morgan fingerprint density at radius 2 is 2.04 bits per heavy atom. The Kier molecular flexibility index (Phi) is 3.05. The molecular weight excluding hydrogens is 328 g/mol. The zero-order valence-electron chi connectivity index (χ0n) is 14.9. The van der Waals surface area contributed by atoms with E-state index in [0.29, 0.717) is 17.9 Å². The van der Waals surface area contributed by atoms with Crippen LogP contribution < -0.4 is 0 Å². The summed E-state index contributed by atoms with van der Waals surface area (Å²) < 4.78 is 7.17. The van der Waals surface area contributed by atoms with Gasteiger partial charge in [0.15, 0.2) is 0 Å². The molecular formula is C20H20N4O2. The minimum absolute atomic E-state index is 0.163. The molecule has 26 heavy (non-hydrogen) atoms. The number of benzene rings is 1. The highest BCUT2D eigenvalue weighted by molar-refractivity contribution is 5.90. The van der Waals surface area contributed by atoms with Crippen LogP contribution >= 0.6 is 0 Å². The molecule has 6 nitrogen and oxygen atoms in total. The molecule has 3 saturated carbocycles. The van der Waals surface area contributed by atoms with Crippen molar-refractivity contribution in [2.75, 3.05) is 6.61 Å². The van der Waals surface area contributed by atoms with Crippen LogP contribution in [0.5, 0.6) is 0 Å². The lowest BCUT2D eigenvalue weighted by Gasteiger charge is -2.71. The molecule has 3 fully saturated rings. The summed E-state index contributed by atoms with van der Waals surface area (Å²) in [4.78, 5) is 24.9. The van der Waals surface area contributed by atoms with E-state index in [1.807, 2.05) is 35.7 Å². The number of rotatable bonds is 4. The molecule has 3 aromatic rings. The van der Waals surface area contributed by atoms with Crippen molar-refractivity contribution < 1.29 is 9.53 Å². The summed E-state index contributed by atoms with van der Waals surface area (Å²) in [6.07, 6.45) is 8.50. The largest absolute Gasteiger partial charge is 0.462 e. The summed E-state index contributed by atoms with van der Waals surface area (Å²) >= 11 is 0. The molecule has 0 N–H and O–H groups in total. The number of carbonyl (C=O) groups is 1. The van der Waals surface area contributed by atoms with E-state index < -0.39 is 0 Å². The van der Waals surface area contributed by atoms with Crippen molar-refractivity contribution in [3.05, 3.63) is 59.4 Å². The van der Waals surface area contributed by atoms with Gasteiger partial charge in [0.2, 0.25) is 5.78 Å². The van der Waals surface area contributed by atoms with E-state index in [9.17, 15) is 4.79 Å². The SMILES string of the molecule is CCOC(=O)c1ccc(C)c(C23CC(c4cnc5ncncn45)(C2)C3)c1. The van der Waals surface area contributed by atoms with E-state index >= 15 is 0 Å². The first-order chi connectivity index (χ1) is 12.6. The summed E-state index contributed by atoms with van der Waals surface area (Å²) in [5, 5.41) is 0. The van der Waals surface area contributed by atoms with Crippen LogP contribution in [-0.2, 0) is 15.6 Å². The monoisotopic (exact) mass is 348 g/mol. The van der Waals surface area contributed by atoms with E-state index in [0.717, 1.165) is 19.3 Å². The second-order valence-electron chi connectivity index (χ2n) is 7.66. The van der Waals surface area contributed by atoms with Crippen LogP contribution in [0, 0.1) is 6.92 Å². The van der Waals surface area contributed by atoms with Gasteiger partial charge in [-0.3, -0.25) is 4.40 Å². The third-order valence-corrected chi connectivity index (χ3v) is 6.09. The Hall–Kier alpha value is -2.76. The fourth-order valence-corrected chi connectivity index (χ4v) is 5.01. The number of ether oxygens (including phenoxy) is 1. The number of aromatic nitrogens is 4. The highest BCUT2D eigenvalue weighted by Gasteiger charge is 2.70. The van der Waals surface area contributed by atoms with Gasteiger partial charge in [-0.2, -0.15) is 0 Å². The molecule has 2 heterocycles. The zero-order chi connectivity index (χ0) is 17.9. The average Bonchev–Trinajstić information content (AvgIpc) is 2.99. The fourth-order valence-electron chi connectivity index (χ4n) is 5.01. The van der Waals surface area contributed by atoms with Gasteiger partial charge in [-0.15, -0.1) is 0 Å². The topological polar surface area (TPSA) is 69.4 Å². The van der Waals surface area contributed by atoms with Crippen molar-refractivity contribution in [3.63, 3.8) is 0 Å². The lowest BCUT2D eigenvalue weighted by molar-refractivity contribution is -0.0733. The Balaban J connectivity index is 1.45. The molecule has 132 valence electrons. The molecule has 2 bridgehead atoms. The van der Waals surface area contributed by atoms with Crippen molar-refractivity contribution in [3.8, 4) is 0 Å². The van der Waals surface area contributed by atoms with Crippen molar-refractivity contribution in [1.29, 1.82) is 0 Å². The molecule has 2 aromatic heterocycles. The molecule has 3 aliphatic carbocycles. The number of aryl methyl sites for hydroxylation is 1. The number of fused-ring (bicyclic) bond motifs is 1. The third kappa shape index (κ3) is 1.92. The van der Waals surface area contributed by atoms with Crippen LogP contribution in [0.25, 0.3) is 5.78 Å². The van der Waals surface area contributed by atoms with Crippen molar-refractivity contribution in [1.82, 2.24) is 19.4 Å². The summed E-state index contributed by atoms with van der Waals surface area (Å²) in [5.41, 5.74) is 4.72. The van der Waals surface area contributed by atoms with Crippen molar-refractivity contribution >= 4 is 11.7 Å². The summed E-state index contributed by atoms with van der Waals surface area (Å²) in [6, 6.07) is 5.94. The maximum absolute atomic E-state index is 12.1. The molecule has 1 aromatic carbocycles. The highest BCUT2D eigenvalue weighted by Crippen LogP contribution is 2.74. The van der Waals surface area contributed by atoms with Gasteiger partial charge in [0.05, 0.1) is 24.1 Å². The first-order valence-corrected chi connectivity index (χ1v) is 8.99. The number of hydrogen-bond acceptors (Lipinski definition) is 5. The molecule has 6 rings (SSSR count). The van der Waals surface area contributed by atoms with Crippen LogP contribution in [0.1, 0.15) is 53.4 Å². The van der Waals surface area contributed by atoms with E-state index in [4.69, 9.17) is 4.74 Å². The first-order valence-electron chi connectivity index (χ1n) is 8.99. The van der Waals surface area contributed by atoms with Gasteiger partial charge >= 0.3 is 5.97 Å². The third-order valence-electron chi connectivity index (χ3n) is 6.09. The molecule has 0 saturated heterocycles. The van der Waals surface area contributed by atoms with E-state index in [-0.39, 0.29) is 16.8 Å². The Labute approximate surface area is 151 Å². The van der Waals surface area contributed by atoms with Crippen molar-refractivity contribution in [2.24, 2.45) is 0 Å². The molecule has 6 heteroatoms. The Morgan fingerprint density at radius 1 is 1.23 bits per heavy atom. The second-order valence-corrected chi connectivity index (χ2v) is 7.66. The molecule has 0 amide bonds.